The molecule has 2 aromatic heterocycles. The number of rotatable bonds is 4. The van der Waals surface area contributed by atoms with Crippen LogP contribution in [0.2, 0.25) is 5.15 Å². The van der Waals surface area contributed by atoms with Gasteiger partial charge in [0.05, 0.1) is 29.4 Å². The second kappa shape index (κ2) is 7.30. The average Bonchev–Trinajstić information content (AvgIpc) is 2.86. The summed E-state index contributed by atoms with van der Waals surface area (Å²) in [7, 11) is 1.70. The molecule has 0 amide bonds. The van der Waals surface area contributed by atoms with E-state index in [0.29, 0.717) is 16.9 Å². The molecule has 0 aliphatic heterocycles. The molecule has 0 aliphatic rings. The molecule has 1 unspecified atom stereocenters. The van der Waals surface area contributed by atoms with E-state index in [1.807, 2.05) is 45.0 Å². The molecule has 3 rings (SSSR count). The number of aliphatic hydroxyl groups is 1. The zero-order valence-corrected chi connectivity index (χ0v) is 16.9. The number of fused-ring (bicyclic) bond motifs is 1. The van der Waals surface area contributed by atoms with Crippen molar-refractivity contribution in [3.05, 3.63) is 51.7 Å². The Morgan fingerprint density at radius 3 is 2.68 bits per heavy atom. The predicted molar refractivity (Wildman–Crippen MR) is 110 cm³/mol. The highest BCUT2D eigenvalue weighted by molar-refractivity contribution is 6.31. The lowest BCUT2D eigenvalue weighted by Crippen LogP contribution is -2.34. The SMILES string of the molecule is Cn1c(=O)n(CC(O)C(C)(C)C)c2cc(Nc3ccnc(Cl)c3C#N)ccc21. The Hall–Kier alpha value is -2.82. The van der Waals surface area contributed by atoms with E-state index in [4.69, 9.17) is 11.6 Å². The van der Waals surface area contributed by atoms with Crippen LogP contribution in [0, 0.1) is 16.7 Å². The largest absolute Gasteiger partial charge is 0.391 e. The van der Waals surface area contributed by atoms with Gasteiger partial charge in [0.1, 0.15) is 16.8 Å². The van der Waals surface area contributed by atoms with E-state index in [1.165, 1.54) is 6.20 Å². The van der Waals surface area contributed by atoms with E-state index >= 15 is 0 Å². The fourth-order valence-corrected chi connectivity index (χ4v) is 3.11. The highest BCUT2D eigenvalue weighted by atomic mass is 35.5. The molecule has 1 atom stereocenters. The molecule has 8 heteroatoms. The molecule has 2 heterocycles. The van der Waals surface area contributed by atoms with Gasteiger partial charge in [-0.05, 0) is 29.7 Å². The molecule has 146 valence electrons. The van der Waals surface area contributed by atoms with Crippen molar-refractivity contribution in [1.82, 2.24) is 14.1 Å². The van der Waals surface area contributed by atoms with Gasteiger partial charge in [-0.3, -0.25) is 9.13 Å². The van der Waals surface area contributed by atoms with Crippen LogP contribution in [0.15, 0.2) is 35.3 Å². The van der Waals surface area contributed by atoms with E-state index in [9.17, 15) is 15.2 Å². The van der Waals surface area contributed by atoms with E-state index < -0.39 is 6.10 Å². The Morgan fingerprint density at radius 2 is 2.04 bits per heavy atom. The summed E-state index contributed by atoms with van der Waals surface area (Å²) in [6.45, 7) is 5.97. The van der Waals surface area contributed by atoms with Crippen LogP contribution in [0.25, 0.3) is 11.0 Å². The summed E-state index contributed by atoms with van der Waals surface area (Å²) in [5.41, 5.74) is 2.37. The lowest BCUT2D eigenvalue weighted by molar-refractivity contribution is 0.0481. The molecule has 0 saturated carbocycles. The molecule has 0 saturated heterocycles. The normalized spacial score (nSPS) is 12.8. The number of pyridine rings is 1. The number of aliphatic hydroxyl groups excluding tert-OH is 1. The van der Waals surface area contributed by atoms with Gasteiger partial charge in [0.25, 0.3) is 0 Å². The van der Waals surface area contributed by atoms with Crippen molar-refractivity contribution in [1.29, 1.82) is 5.26 Å². The maximum Gasteiger partial charge on any atom is 0.328 e. The van der Waals surface area contributed by atoms with Crippen molar-refractivity contribution < 1.29 is 5.11 Å². The van der Waals surface area contributed by atoms with Crippen molar-refractivity contribution in [2.24, 2.45) is 12.5 Å². The van der Waals surface area contributed by atoms with Gasteiger partial charge in [-0.25, -0.2) is 9.78 Å². The molecular formula is C20H22ClN5O2. The van der Waals surface area contributed by atoms with Gasteiger partial charge in [-0.15, -0.1) is 0 Å². The molecule has 0 aliphatic carbocycles. The van der Waals surface area contributed by atoms with Crippen LogP contribution in [0.5, 0.6) is 0 Å². The van der Waals surface area contributed by atoms with Gasteiger partial charge < -0.3 is 10.4 Å². The van der Waals surface area contributed by atoms with Crippen molar-refractivity contribution in [3.63, 3.8) is 0 Å². The minimum atomic E-state index is -0.684. The number of aromatic nitrogens is 3. The molecule has 0 bridgehead atoms. The number of halogens is 1. The smallest absolute Gasteiger partial charge is 0.328 e. The molecule has 0 radical (unpaired) electrons. The van der Waals surface area contributed by atoms with Crippen LogP contribution < -0.4 is 11.0 Å². The highest BCUT2D eigenvalue weighted by Gasteiger charge is 2.24. The van der Waals surface area contributed by atoms with E-state index in [2.05, 4.69) is 10.3 Å². The number of imidazole rings is 1. The monoisotopic (exact) mass is 399 g/mol. The zero-order valence-electron chi connectivity index (χ0n) is 16.2. The van der Waals surface area contributed by atoms with E-state index in [0.717, 1.165) is 5.52 Å². The molecule has 7 nitrogen and oxygen atoms in total. The number of aryl methyl sites for hydroxylation is 1. The first-order valence-electron chi connectivity index (χ1n) is 8.82. The van der Waals surface area contributed by atoms with Crippen molar-refractivity contribution >= 4 is 34.0 Å². The Morgan fingerprint density at radius 1 is 1.32 bits per heavy atom. The third kappa shape index (κ3) is 3.61. The fraction of sp³-hybridized carbons (Fsp3) is 0.350. The van der Waals surface area contributed by atoms with Gasteiger partial charge >= 0.3 is 5.69 Å². The summed E-state index contributed by atoms with van der Waals surface area (Å²) < 4.78 is 3.12. The summed E-state index contributed by atoms with van der Waals surface area (Å²) in [5, 5.41) is 23.1. The highest BCUT2D eigenvalue weighted by Crippen LogP contribution is 2.27. The van der Waals surface area contributed by atoms with Crippen molar-refractivity contribution in [3.8, 4) is 6.07 Å². The number of benzene rings is 1. The van der Waals surface area contributed by atoms with Crippen LogP contribution in [-0.4, -0.2) is 25.3 Å². The standard InChI is InChI=1S/C20H22ClN5O2/c1-20(2,3)17(27)11-26-16-9-12(5-6-15(16)25(4)19(26)28)24-14-7-8-23-18(21)13(14)10-22/h5-9,17,27H,11H2,1-4H3,(H,23,24). The Kier molecular flexibility index (Phi) is 5.20. The van der Waals surface area contributed by atoms with Crippen LogP contribution in [0.4, 0.5) is 11.4 Å². The summed E-state index contributed by atoms with van der Waals surface area (Å²) in [6, 6.07) is 9.17. The van der Waals surface area contributed by atoms with Crippen LogP contribution in [0.1, 0.15) is 26.3 Å². The number of anilines is 2. The third-order valence-electron chi connectivity index (χ3n) is 4.80. The van der Waals surface area contributed by atoms with E-state index in [-0.39, 0.29) is 28.4 Å². The van der Waals surface area contributed by atoms with Crippen molar-refractivity contribution in [2.45, 2.75) is 33.4 Å². The van der Waals surface area contributed by atoms with Gasteiger partial charge in [-0.1, -0.05) is 32.4 Å². The third-order valence-corrected chi connectivity index (χ3v) is 5.08. The first-order valence-corrected chi connectivity index (χ1v) is 9.20. The second-order valence-electron chi connectivity index (χ2n) is 7.80. The van der Waals surface area contributed by atoms with Crippen LogP contribution >= 0.6 is 11.6 Å². The number of hydrogen-bond donors (Lipinski definition) is 2. The first kappa shape index (κ1) is 19.9. The molecule has 3 aromatic rings. The quantitative estimate of drug-likeness (QED) is 0.655. The Bertz CT molecular complexity index is 1130. The van der Waals surface area contributed by atoms with Gasteiger partial charge in [0.2, 0.25) is 0 Å². The average molecular weight is 400 g/mol. The number of nitriles is 1. The maximum atomic E-state index is 12.7. The lowest BCUT2D eigenvalue weighted by Gasteiger charge is -2.26. The fourth-order valence-electron chi connectivity index (χ4n) is 2.91. The molecule has 1 aromatic carbocycles. The second-order valence-corrected chi connectivity index (χ2v) is 8.16. The summed E-state index contributed by atoms with van der Waals surface area (Å²) in [6.07, 6.45) is 0.832. The van der Waals surface area contributed by atoms with Gasteiger partial charge in [0.15, 0.2) is 0 Å². The van der Waals surface area contributed by atoms with Gasteiger partial charge in [-0.2, -0.15) is 5.26 Å². The van der Waals surface area contributed by atoms with E-state index in [1.54, 1.807) is 22.2 Å². The summed E-state index contributed by atoms with van der Waals surface area (Å²) in [5.74, 6) is 0. The molecule has 2 N–H and O–H groups in total. The predicted octanol–water partition coefficient (Wildman–Crippen LogP) is 3.41. The lowest BCUT2D eigenvalue weighted by atomic mass is 9.89. The Balaban J connectivity index is 2.06. The van der Waals surface area contributed by atoms with Crippen LogP contribution in [-0.2, 0) is 13.6 Å². The molecule has 0 spiro atoms. The molecular weight excluding hydrogens is 378 g/mol. The Labute approximate surface area is 167 Å². The molecule has 0 fully saturated rings. The van der Waals surface area contributed by atoms with Gasteiger partial charge in [0, 0.05) is 18.9 Å². The minimum Gasteiger partial charge on any atom is -0.391 e. The van der Waals surface area contributed by atoms with Crippen LogP contribution in [0.3, 0.4) is 0 Å². The first-order chi connectivity index (χ1) is 13.1. The number of hydrogen-bond acceptors (Lipinski definition) is 5. The summed E-state index contributed by atoms with van der Waals surface area (Å²) >= 11 is 5.99. The van der Waals surface area contributed by atoms with Crippen molar-refractivity contribution in [2.75, 3.05) is 5.32 Å². The molecule has 28 heavy (non-hydrogen) atoms. The number of nitrogens with zero attached hydrogens (tertiary/aromatic N) is 4. The minimum absolute atomic E-state index is 0.124. The maximum absolute atomic E-state index is 12.7. The zero-order chi connectivity index (χ0) is 20.6. The summed E-state index contributed by atoms with van der Waals surface area (Å²) in [4.78, 5) is 16.6. The number of nitrogens with one attached hydrogen (secondary N) is 1. The topological polar surface area (TPSA) is 95.9 Å².